The van der Waals surface area contributed by atoms with Crippen LogP contribution in [0.4, 0.5) is 0 Å². The molecule has 5 rings (SSSR count). The highest BCUT2D eigenvalue weighted by Crippen LogP contribution is 2.30. The predicted molar refractivity (Wildman–Crippen MR) is 114 cm³/mol. The normalized spacial score (nSPS) is 11.1. The van der Waals surface area contributed by atoms with Crippen LogP contribution in [0.5, 0.6) is 0 Å². The second kappa shape index (κ2) is 6.78. The number of carbonyl (C=O) groups excluding carboxylic acids is 1. The summed E-state index contributed by atoms with van der Waals surface area (Å²) >= 11 is 0. The van der Waals surface area contributed by atoms with E-state index >= 15 is 0 Å². The summed E-state index contributed by atoms with van der Waals surface area (Å²) in [5, 5.41) is 2.29. The fraction of sp³-hybridized carbons (Fsp3) is 0.0400. The molecule has 0 aliphatic carbocycles. The van der Waals surface area contributed by atoms with E-state index in [1.165, 1.54) is 16.5 Å². The summed E-state index contributed by atoms with van der Waals surface area (Å²) in [6.45, 7) is 0.771. The molecule has 2 heterocycles. The van der Waals surface area contributed by atoms with Crippen LogP contribution in [0.1, 0.15) is 15.9 Å². The van der Waals surface area contributed by atoms with Gasteiger partial charge in [0.1, 0.15) is 6.29 Å². The summed E-state index contributed by atoms with van der Waals surface area (Å²) in [6.07, 6.45) is 2.72. The first kappa shape index (κ1) is 16.5. The minimum Gasteiger partial charge on any atom is -0.336 e. The first-order valence-electron chi connectivity index (χ1n) is 9.30. The summed E-state index contributed by atoms with van der Waals surface area (Å²) in [5.74, 6) is 0. The van der Waals surface area contributed by atoms with E-state index in [1.54, 1.807) is 0 Å². The van der Waals surface area contributed by atoms with E-state index in [-0.39, 0.29) is 0 Å². The van der Waals surface area contributed by atoms with Crippen LogP contribution < -0.4 is 0 Å². The van der Waals surface area contributed by atoms with Gasteiger partial charge >= 0.3 is 0 Å². The van der Waals surface area contributed by atoms with Crippen LogP contribution in [0.15, 0.2) is 91.1 Å². The van der Waals surface area contributed by atoms with Crippen molar-refractivity contribution in [3.05, 3.63) is 102 Å². The zero-order valence-corrected chi connectivity index (χ0v) is 15.2. The van der Waals surface area contributed by atoms with Crippen molar-refractivity contribution in [2.75, 3.05) is 0 Å². The van der Waals surface area contributed by atoms with Crippen molar-refractivity contribution < 1.29 is 4.79 Å². The topological polar surface area (TPSA) is 34.9 Å². The molecule has 3 aromatic carbocycles. The van der Waals surface area contributed by atoms with Crippen LogP contribution in [0.2, 0.25) is 0 Å². The maximum atomic E-state index is 11.2. The van der Waals surface area contributed by atoms with Crippen LogP contribution in [0.25, 0.3) is 33.1 Å². The SMILES string of the molecule is O=Cc1ccc2c(c1)c1ccccc1n2Cc1ccc(-c2ccccn2)cc1. The van der Waals surface area contributed by atoms with E-state index in [0.717, 1.165) is 35.0 Å². The molecule has 0 fully saturated rings. The Bertz CT molecular complexity index is 1290. The molecular weight excluding hydrogens is 344 g/mol. The summed E-state index contributed by atoms with van der Waals surface area (Å²) in [5.41, 5.74) is 6.33. The van der Waals surface area contributed by atoms with Gasteiger partial charge in [0.15, 0.2) is 0 Å². The zero-order chi connectivity index (χ0) is 18.9. The predicted octanol–water partition coefficient (Wildman–Crippen LogP) is 5.72. The molecule has 0 radical (unpaired) electrons. The molecule has 3 heteroatoms. The summed E-state index contributed by atoms with van der Waals surface area (Å²) in [7, 11) is 0. The van der Waals surface area contributed by atoms with E-state index in [9.17, 15) is 4.79 Å². The number of aldehydes is 1. The van der Waals surface area contributed by atoms with Crippen molar-refractivity contribution in [1.82, 2.24) is 9.55 Å². The van der Waals surface area contributed by atoms with E-state index in [4.69, 9.17) is 0 Å². The Hall–Kier alpha value is -3.72. The zero-order valence-electron chi connectivity index (χ0n) is 15.2. The molecular formula is C25H18N2O. The minimum atomic E-state index is 0.704. The highest BCUT2D eigenvalue weighted by atomic mass is 16.1. The van der Waals surface area contributed by atoms with Gasteiger partial charge in [-0.05, 0) is 42.0 Å². The van der Waals surface area contributed by atoms with Crippen LogP contribution in [-0.2, 0) is 6.54 Å². The van der Waals surface area contributed by atoms with Crippen molar-refractivity contribution >= 4 is 28.1 Å². The number of hydrogen-bond acceptors (Lipinski definition) is 2. The fourth-order valence-corrected chi connectivity index (χ4v) is 3.81. The van der Waals surface area contributed by atoms with Crippen LogP contribution in [0, 0.1) is 0 Å². The Balaban J connectivity index is 1.58. The third kappa shape index (κ3) is 2.78. The smallest absolute Gasteiger partial charge is 0.150 e. The van der Waals surface area contributed by atoms with Gasteiger partial charge in [-0.2, -0.15) is 0 Å². The molecule has 0 aliphatic rings. The number of nitrogens with zero attached hydrogens (tertiary/aromatic N) is 2. The highest BCUT2D eigenvalue weighted by Gasteiger charge is 2.11. The Kier molecular flexibility index (Phi) is 3.99. The Morgan fingerprint density at radius 1 is 0.786 bits per heavy atom. The quantitative estimate of drug-likeness (QED) is 0.383. The van der Waals surface area contributed by atoms with Gasteiger partial charge in [0.2, 0.25) is 0 Å². The van der Waals surface area contributed by atoms with Gasteiger partial charge in [0.05, 0.1) is 5.69 Å². The molecule has 0 unspecified atom stereocenters. The molecule has 0 bridgehead atoms. The summed E-state index contributed by atoms with van der Waals surface area (Å²) < 4.78 is 2.31. The Morgan fingerprint density at radius 3 is 2.36 bits per heavy atom. The number of aromatic nitrogens is 2. The second-order valence-corrected chi connectivity index (χ2v) is 6.91. The monoisotopic (exact) mass is 362 g/mol. The average Bonchev–Trinajstić information content (AvgIpc) is 3.08. The van der Waals surface area contributed by atoms with Gasteiger partial charge in [0, 0.05) is 45.7 Å². The molecule has 3 nitrogen and oxygen atoms in total. The molecule has 5 aromatic rings. The van der Waals surface area contributed by atoms with Gasteiger partial charge in [-0.25, -0.2) is 0 Å². The lowest BCUT2D eigenvalue weighted by molar-refractivity contribution is 0.112. The molecule has 0 atom stereocenters. The van der Waals surface area contributed by atoms with Gasteiger partial charge in [-0.15, -0.1) is 0 Å². The highest BCUT2D eigenvalue weighted by molar-refractivity contribution is 6.09. The van der Waals surface area contributed by atoms with Crippen molar-refractivity contribution in [3.63, 3.8) is 0 Å². The lowest BCUT2D eigenvalue weighted by Crippen LogP contribution is -1.99. The maximum absolute atomic E-state index is 11.2. The summed E-state index contributed by atoms with van der Waals surface area (Å²) in [4.78, 5) is 15.6. The molecule has 28 heavy (non-hydrogen) atoms. The Labute approximate surface area is 162 Å². The molecule has 0 saturated carbocycles. The largest absolute Gasteiger partial charge is 0.336 e. The number of fused-ring (bicyclic) bond motifs is 3. The molecule has 0 aliphatic heterocycles. The molecule has 0 N–H and O–H groups in total. The average molecular weight is 362 g/mol. The minimum absolute atomic E-state index is 0.704. The first-order chi connectivity index (χ1) is 13.8. The van der Waals surface area contributed by atoms with Gasteiger partial charge in [-0.1, -0.05) is 48.5 Å². The molecule has 0 amide bonds. The number of pyridine rings is 1. The molecule has 134 valence electrons. The first-order valence-corrected chi connectivity index (χ1v) is 9.30. The molecule has 0 spiro atoms. The van der Waals surface area contributed by atoms with E-state index in [2.05, 4.69) is 52.0 Å². The third-order valence-corrected chi connectivity index (χ3v) is 5.19. The number of rotatable bonds is 4. The summed E-state index contributed by atoms with van der Waals surface area (Å²) in [6, 6.07) is 28.8. The van der Waals surface area contributed by atoms with Crippen LogP contribution >= 0.6 is 0 Å². The Morgan fingerprint density at radius 2 is 1.57 bits per heavy atom. The van der Waals surface area contributed by atoms with Crippen LogP contribution in [-0.4, -0.2) is 15.8 Å². The van der Waals surface area contributed by atoms with Crippen molar-refractivity contribution in [3.8, 4) is 11.3 Å². The van der Waals surface area contributed by atoms with Crippen molar-refractivity contribution in [2.45, 2.75) is 6.54 Å². The third-order valence-electron chi connectivity index (χ3n) is 5.19. The number of hydrogen-bond donors (Lipinski definition) is 0. The second-order valence-electron chi connectivity index (χ2n) is 6.91. The van der Waals surface area contributed by atoms with Crippen molar-refractivity contribution in [2.24, 2.45) is 0 Å². The number of para-hydroxylation sites is 1. The van der Waals surface area contributed by atoms with E-state index < -0.39 is 0 Å². The standard InChI is InChI=1S/C25H18N2O/c28-17-19-10-13-25-22(15-19)21-5-1-2-7-24(21)27(25)16-18-8-11-20(12-9-18)23-6-3-4-14-26-23/h1-15,17H,16H2. The van der Waals surface area contributed by atoms with Crippen LogP contribution in [0.3, 0.4) is 0 Å². The van der Waals surface area contributed by atoms with E-state index in [0.29, 0.717) is 5.56 Å². The lowest BCUT2D eigenvalue weighted by Gasteiger charge is -2.09. The van der Waals surface area contributed by atoms with Gasteiger partial charge in [-0.3, -0.25) is 9.78 Å². The van der Waals surface area contributed by atoms with Gasteiger partial charge < -0.3 is 4.57 Å². The van der Waals surface area contributed by atoms with E-state index in [1.807, 2.05) is 48.7 Å². The number of carbonyl (C=O) groups is 1. The fourth-order valence-electron chi connectivity index (χ4n) is 3.81. The number of benzene rings is 3. The molecule has 0 saturated heterocycles. The van der Waals surface area contributed by atoms with Gasteiger partial charge in [0.25, 0.3) is 0 Å². The lowest BCUT2D eigenvalue weighted by atomic mass is 10.1. The molecule has 2 aromatic heterocycles. The van der Waals surface area contributed by atoms with Crippen molar-refractivity contribution in [1.29, 1.82) is 0 Å². The maximum Gasteiger partial charge on any atom is 0.150 e.